The van der Waals surface area contributed by atoms with Crippen LogP contribution in [0, 0.1) is 10.1 Å². The minimum absolute atomic E-state index is 0.00464. The number of nitrogens with one attached hydrogen (secondary N) is 1. The van der Waals surface area contributed by atoms with Crippen molar-refractivity contribution in [3.8, 4) is 0 Å². The second kappa shape index (κ2) is 8.30. The summed E-state index contributed by atoms with van der Waals surface area (Å²) in [5, 5.41) is 14.8. The molecule has 2 aliphatic rings. The highest BCUT2D eigenvalue weighted by Gasteiger charge is 2.48. The second-order valence-electron chi connectivity index (χ2n) is 7.47. The molecule has 1 N–H and O–H groups in total. The SMILES string of the molecule is CCN(CC)c1ccc(C2C3=C(OC(NC)=C2[N+](=O)[O-])C(=O)c2ccccc2C3=O)cc1. The number of carbonyl (C=O) groups excluding carboxylic acids is 2. The van der Waals surface area contributed by atoms with Gasteiger partial charge in [-0.15, -0.1) is 0 Å². The van der Waals surface area contributed by atoms with Gasteiger partial charge in [0, 0.05) is 37.0 Å². The highest BCUT2D eigenvalue weighted by molar-refractivity contribution is 6.27. The van der Waals surface area contributed by atoms with Gasteiger partial charge in [-0.2, -0.15) is 0 Å². The summed E-state index contributed by atoms with van der Waals surface area (Å²) in [6.45, 7) is 5.72. The predicted molar refractivity (Wildman–Crippen MR) is 119 cm³/mol. The molecule has 2 aromatic carbocycles. The summed E-state index contributed by atoms with van der Waals surface area (Å²) in [7, 11) is 1.48. The van der Waals surface area contributed by atoms with Crippen molar-refractivity contribution in [2.45, 2.75) is 19.8 Å². The molecule has 0 bridgehead atoms. The molecule has 0 saturated carbocycles. The summed E-state index contributed by atoms with van der Waals surface area (Å²) in [5.41, 5.74) is 1.65. The smallest absolute Gasteiger partial charge is 0.317 e. The van der Waals surface area contributed by atoms with Gasteiger partial charge in [0.1, 0.15) is 5.92 Å². The number of benzene rings is 2. The molecule has 0 radical (unpaired) electrons. The van der Waals surface area contributed by atoms with E-state index >= 15 is 0 Å². The molecular weight excluding hydrogens is 410 g/mol. The van der Waals surface area contributed by atoms with Gasteiger partial charge >= 0.3 is 5.70 Å². The number of rotatable bonds is 6. The van der Waals surface area contributed by atoms with Crippen LogP contribution in [0.4, 0.5) is 5.69 Å². The zero-order valence-corrected chi connectivity index (χ0v) is 18.0. The fourth-order valence-corrected chi connectivity index (χ4v) is 4.32. The first-order chi connectivity index (χ1) is 15.4. The van der Waals surface area contributed by atoms with Gasteiger partial charge in [0.25, 0.3) is 5.88 Å². The number of fused-ring (bicyclic) bond motifs is 1. The van der Waals surface area contributed by atoms with Crippen LogP contribution in [0.25, 0.3) is 0 Å². The Kier molecular flexibility index (Phi) is 5.52. The second-order valence-corrected chi connectivity index (χ2v) is 7.47. The van der Waals surface area contributed by atoms with Crippen molar-refractivity contribution in [1.82, 2.24) is 5.32 Å². The monoisotopic (exact) mass is 433 g/mol. The lowest BCUT2D eigenvalue weighted by molar-refractivity contribution is -0.433. The van der Waals surface area contributed by atoms with Gasteiger partial charge in [-0.05, 0) is 31.5 Å². The van der Waals surface area contributed by atoms with Crippen molar-refractivity contribution in [2.75, 3.05) is 25.0 Å². The lowest BCUT2D eigenvalue weighted by Gasteiger charge is -2.30. The first-order valence-electron chi connectivity index (χ1n) is 10.4. The molecule has 1 atom stereocenters. The van der Waals surface area contributed by atoms with Crippen molar-refractivity contribution >= 4 is 17.3 Å². The van der Waals surface area contributed by atoms with Crippen LogP contribution in [-0.2, 0) is 4.74 Å². The largest absolute Gasteiger partial charge is 0.431 e. The molecule has 0 saturated heterocycles. The van der Waals surface area contributed by atoms with E-state index in [1.165, 1.54) is 7.05 Å². The van der Waals surface area contributed by atoms with Crippen LogP contribution in [0.2, 0.25) is 0 Å². The van der Waals surface area contributed by atoms with Crippen LogP contribution in [0.15, 0.2) is 71.4 Å². The molecule has 164 valence electrons. The van der Waals surface area contributed by atoms with E-state index in [0.717, 1.165) is 18.8 Å². The van der Waals surface area contributed by atoms with Gasteiger partial charge < -0.3 is 15.0 Å². The molecular formula is C24H23N3O5. The number of hydrogen-bond donors (Lipinski definition) is 1. The Morgan fingerprint density at radius 3 is 2.12 bits per heavy atom. The van der Waals surface area contributed by atoms with Gasteiger partial charge in [0.2, 0.25) is 5.78 Å². The fourth-order valence-electron chi connectivity index (χ4n) is 4.32. The molecule has 1 aliphatic heterocycles. The molecule has 1 unspecified atom stereocenters. The Morgan fingerprint density at radius 1 is 1.00 bits per heavy atom. The van der Waals surface area contributed by atoms with Gasteiger partial charge in [0.15, 0.2) is 11.5 Å². The highest BCUT2D eigenvalue weighted by atomic mass is 16.6. The number of allylic oxidation sites excluding steroid dienone is 2. The Hall–Kier alpha value is -3.94. The molecule has 0 fully saturated rings. The van der Waals surface area contributed by atoms with Crippen molar-refractivity contribution in [3.05, 3.63) is 98.2 Å². The third-order valence-electron chi connectivity index (χ3n) is 5.89. The lowest BCUT2D eigenvalue weighted by Crippen LogP contribution is -2.35. The van der Waals surface area contributed by atoms with Gasteiger partial charge in [-0.1, -0.05) is 36.4 Å². The molecule has 0 spiro atoms. The van der Waals surface area contributed by atoms with Crippen LogP contribution in [0.5, 0.6) is 0 Å². The molecule has 8 heteroatoms. The van der Waals surface area contributed by atoms with Crippen LogP contribution < -0.4 is 10.2 Å². The number of Topliss-reactive ketones (excluding diaryl/α,β-unsaturated/α-hetero) is 2. The van der Waals surface area contributed by atoms with E-state index in [9.17, 15) is 19.7 Å². The summed E-state index contributed by atoms with van der Waals surface area (Å²) in [5.74, 6) is -2.27. The van der Waals surface area contributed by atoms with E-state index in [1.54, 1.807) is 36.4 Å². The van der Waals surface area contributed by atoms with E-state index in [1.807, 2.05) is 26.0 Å². The van der Waals surface area contributed by atoms with E-state index in [0.29, 0.717) is 5.56 Å². The van der Waals surface area contributed by atoms with Crippen LogP contribution in [0.1, 0.15) is 46.0 Å². The normalized spacial score (nSPS) is 17.5. The molecule has 2 aromatic rings. The maximum Gasteiger partial charge on any atom is 0.317 e. The molecule has 32 heavy (non-hydrogen) atoms. The van der Waals surface area contributed by atoms with Crippen molar-refractivity contribution < 1.29 is 19.2 Å². The maximum atomic E-state index is 13.4. The third-order valence-corrected chi connectivity index (χ3v) is 5.89. The first-order valence-corrected chi connectivity index (χ1v) is 10.4. The Balaban J connectivity index is 1.91. The zero-order valence-electron chi connectivity index (χ0n) is 18.0. The van der Waals surface area contributed by atoms with E-state index in [2.05, 4.69) is 10.2 Å². The minimum Gasteiger partial charge on any atom is -0.431 e. The fraction of sp³-hybridized carbons (Fsp3) is 0.250. The number of carbonyl (C=O) groups is 2. The predicted octanol–water partition coefficient (Wildman–Crippen LogP) is 3.65. The first kappa shape index (κ1) is 21.3. The quantitative estimate of drug-likeness (QED) is 0.548. The van der Waals surface area contributed by atoms with Crippen molar-refractivity contribution in [2.24, 2.45) is 0 Å². The molecule has 8 nitrogen and oxygen atoms in total. The number of hydrogen-bond acceptors (Lipinski definition) is 7. The van der Waals surface area contributed by atoms with Gasteiger partial charge in [-0.25, -0.2) is 0 Å². The summed E-state index contributed by atoms with van der Waals surface area (Å²) < 4.78 is 5.63. The van der Waals surface area contributed by atoms with Crippen LogP contribution in [-0.4, -0.2) is 36.6 Å². The maximum absolute atomic E-state index is 13.4. The average molecular weight is 433 g/mol. The molecule has 0 aromatic heterocycles. The summed E-state index contributed by atoms with van der Waals surface area (Å²) >= 11 is 0. The van der Waals surface area contributed by atoms with Crippen molar-refractivity contribution in [1.29, 1.82) is 0 Å². The summed E-state index contributed by atoms with van der Waals surface area (Å²) in [6.07, 6.45) is 0. The van der Waals surface area contributed by atoms with Crippen molar-refractivity contribution in [3.63, 3.8) is 0 Å². The molecule has 1 heterocycles. The number of nitrogens with zero attached hydrogens (tertiary/aromatic N) is 2. The summed E-state index contributed by atoms with van der Waals surface area (Å²) in [4.78, 5) is 40.3. The Labute approximate surface area is 185 Å². The molecule has 1 aliphatic carbocycles. The Bertz CT molecular complexity index is 1180. The number of ether oxygens (including phenoxy) is 1. The topological polar surface area (TPSA) is 102 Å². The zero-order chi connectivity index (χ0) is 23.0. The van der Waals surface area contributed by atoms with E-state index < -0.39 is 22.4 Å². The number of nitro groups is 1. The third kappa shape index (κ3) is 3.24. The molecule has 4 rings (SSSR count). The van der Waals surface area contributed by atoms with E-state index in [-0.39, 0.29) is 34.0 Å². The average Bonchev–Trinajstić information content (AvgIpc) is 2.82. The Morgan fingerprint density at radius 2 is 1.59 bits per heavy atom. The molecule has 0 amide bonds. The number of anilines is 1. The van der Waals surface area contributed by atoms with Gasteiger partial charge in [-0.3, -0.25) is 19.7 Å². The van der Waals surface area contributed by atoms with Crippen LogP contribution in [0.3, 0.4) is 0 Å². The minimum atomic E-state index is -1.05. The van der Waals surface area contributed by atoms with Gasteiger partial charge in [0.05, 0.1) is 10.5 Å². The highest BCUT2D eigenvalue weighted by Crippen LogP contribution is 2.45. The summed E-state index contributed by atoms with van der Waals surface area (Å²) in [6, 6.07) is 13.7. The van der Waals surface area contributed by atoms with Crippen LogP contribution >= 0.6 is 0 Å². The standard InChI is InChI=1S/C24H23N3O5/c1-4-26(5-2)15-12-10-14(11-13-15)18-19-21(28)16-8-6-7-9-17(16)22(29)23(19)32-24(25-3)20(18)27(30)31/h6-13,18,25H,4-5H2,1-3H3. The van der Waals surface area contributed by atoms with E-state index in [4.69, 9.17) is 4.74 Å². The number of ketones is 2. The lowest BCUT2D eigenvalue weighted by atomic mass is 9.77.